The molecule has 0 amide bonds. The molecular weight excluding hydrogens is 369 g/mol. The minimum atomic E-state index is -0.628. The summed E-state index contributed by atoms with van der Waals surface area (Å²) in [7, 11) is 0. The van der Waals surface area contributed by atoms with Crippen molar-refractivity contribution in [1.82, 2.24) is 0 Å². The highest BCUT2D eigenvalue weighted by molar-refractivity contribution is 14.1. The van der Waals surface area contributed by atoms with Crippen molar-refractivity contribution >= 4 is 45.2 Å². The molecule has 0 fully saturated rings. The minimum absolute atomic E-state index is 0.628. The molecule has 0 radical (unpaired) electrons. The second-order valence-electron chi connectivity index (χ2n) is 2.64. The highest BCUT2D eigenvalue weighted by Crippen LogP contribution is 2.13. The predicted octanol–water partition coefficient (Wildman–Crippen LogP) is 4.49. The van der Waals surface area contributed by atoms with Crippen LogP contribution in [0.3, 0.4) is 0 Å². The van der Waals surface area contributed by atoms with Crippen LogP contribution in [0.4, 0.5) is 4.39 Å². The smallest absolute Gasteiger partial charge is 0.151 e. The molecule has 0 aromatic heterocycles. The van der Waals surface area contributed by atoms with Gasteiger partial charge < -0.3 is 0 Å². The number of hydrogen-bond donors (Lipinski definition) is 0. The summed E-state index contributed by atoms with van der Waals surface area (Å²) in [6, 6.07) is 0. The van der Waals surface area contributed by atoms with Crippen molar-refractivity contribution < 1.29 is 4.39 Å². The van der Waals surface area contributed by atoms with Gasteiger partial charge in [-0.05, 0) is 46.3 Å². The molecule has 0 rings (SSSR count). The Morgan fingerprint density at radius 3 is 2.09 bits per heavy atom. The van der Waals surface area contributed by atoms with Crippen LogP contribution in [0.2, 0.25) is 0 Å². The van der Waals surface area contributed by atoms with Gasteiger partial charge in [0.15, 0.2) is 4.18 Å². The Hall–Kier alpha value is 1.39. The lowest BCUT2D eigenvalue weighted by Crippen LogP contribution is -1.87. The number of rotatable bonds is 7. The summed E-state index contributed by atoms with van der Waals surface area (Å²) >= 11 is 4.24. The van der Waals surface area contributed by atoms with E-state index in [1.54, 1.807) is 0 Å². The van der Waals surface area contributed by atoms with Crippen molar-refractivity contribution in [3.8, 4) is 0 Å². The Kier molecular flexibility index (Phi) is 10.7. The monoisotopic (exact) mass is 384 g/mol. The van der Waals surface area contributed by atoms with Crippen LogP contribution in [-0.4, -0.2) is 8.61 Å². The molecule has 1 unspecified atom stereocenters. The molecule has 0 aliphatic rings. The lowest BCUT2D eigenvalue weighted by Gasteiger charge is -1.99. The zero-order valence-corrected chi connectivity index (χ0v) is 11.0. The molecule has 0 aliphatic heterocycles. The molecule has 0 spiro atoms. The van der Waals surface area contributed by atoms with Crippen LogP contribution >= 0.6 is 45.2 Å². The van der Waals surface area contributed by atoms with Crippen LogP contribution in [0.15, 0.2) is 0 Å². The lowest BCUT2D eigenvalue weighted by molar-refractivity contribution is 0.430. The predicted molar refractivity (Wildman–Crippen MR) is 65.5 cm³/mol. The van der Waals surface area contributed by atoms with Gasteiger partial charge in [-0.3, -0.25) is 0 Å². The summed E-state index contributed by atoms with van der Waals surface area (Å²) in [6.07, 6.45) is 6.94. The van der Waals surface area contributed by atoms with E-state index in [9.17, 15) is 4.39 Å². The summed E-state index contributed by atoms with van der Waals surface area (Å²) in [5.41, 5.74) is 0. The summed E-state index contributed by atoms with van der Waals surface area (Å²) in [6.45, 7) is 0. The maximum absolute atomic E-state index is 12.3. The van der Waals surface area contributed by atoms with E-state index in [1.807, 2.05) is 22.6 Å². The third kappa shape index (κ3) is 11.4. The van der Waals surface area contributed by atoms with Gasteiger partial charge in [-0.1, -0.05) is 41.9 Å². The van der Waals surface area contributed by atoms with E-state index in [0.29, 0.717) is 0 Å². The van der Waals surface area contributed by atoms with E-state index in [1.165, 1.54) is 30.1 Å². The molecule has 0 saturated heterocycles. The third-order valence-electron chi connectivity index (χ3n) is 1.56. The van der Waals surface area contributed by atoms with Crippen molar-refractivity contribution in [2.45, 2.75) is 42.7 Å². The van der Waals surface area contributed by atoms with E-state index in [0.717, 1.165) is 12.8 Å². The van der Waals surface area contributed by atoms with Gasteiger partial charge in [0, 0.05) is 0 Å². The van der Waals surface area contributed by atoms with Crippen LogP contribution in [0.25, 0.3) is 0 Å². The summed E-state index contributed by atoms with van der Waals surface area (Å²) < 4.78 is 12.9. The standard InChI is InChI=1S/C8H15FI2/c9-8(11)6-4-2-1-3-5-7-10/h8H,1-7H2. The first-order valence-corrected chi connectivity index (χ1v) is 6.88. The Balaban J connectivity index is 2.80. The first-order chi connectivity index (χ1) is 5.27. The van der Waals surface area contributed by atoms with Gasteiger partial charge in [0.05, 0.1) is 0 Å². The van der Waals surface area contributed by atoms with E-state index < -0.39 is 4.18 Å². The van der Waals surface area contributed by atoms with Crippen LogP contribution in [0.1, 0.15) is 38.5 Å². The number of alkyl halides is 3. The molecule has 11 heavy (non-hydrogen) atoms. The molecule has 0 aliphatic carbocycles. The highest BCUT2D eigenvalue weighted by atomic mass is 127. The Morgan fingerprint density at radius 2 is 1.55 bits per heavy atom. The highest BCUT2D eigenvalue weighted by Gasteiger charge is 1.98. The molecule has 0 nitrogen and oxygen atoms in total. The summed E-state index contributed by atoms with van der Waals surface area (Å²) in [5, 5.41) is 0. The number of hydrogen-bond acceptors (Lipinski definition) is 0. The Labute approximate surface area is 96.0 Å². The topological polar surface area (TPSA) is 0 Å². The van der Waals surface area contributed by atoms with Crippen LogP contribution in [0, 0.1) is 0 Å². The zero-order valence-electron chi connectivity index (χ0n) is 6.66. The van der Waals surface area contributed by atoms with Gasteiger partial charge >= 0.3 is 0 Å². The molecule has 1 atom stereocenters. The second kappa shape index (κ2) is 9.48. The van der Waals surface area contributed by atoms with Gasteiger partial charge in [-0.25, -0.2) is 4.39 Å². The van der Waals surface area contributed by atoms with Crippen LogP contribution in [-0.2, 0) is 0 Å². The number of halogens is 3. The van der Waals surface area contributed by atoms with Crippen molar-refractivity contribution in [2.24, 2.45) is 0 Å². The van der Waals surface area contributed by atoms with Crippen LogP contribution < -0.4 is 0 Å². The van der Waals surface area contributed by atoms with E-state index >= 15 is 0 Å². The lowest BCUT2D eigenvalue weighted by atomic mass is 10.1. The van der Waals surface area contributed by atoms with Gasteiger partial charge in [0.25, 0.3) is 0 Å². The molecule has 68 valence electrons. The molecule has 0 aromatic carbocycles. The SMILES string of the molecule is FC(I)CCCCCCCI. The maximum atomic E-state index is 12.3. The number of unbranched alkanes of at least 4 members (excludes halogenated alkanes) is 4. The van der Waals surface area contributed by atoms with Gasteiger partial charge in [-0.2, -0.15) is 0 Å². The fourth-order valence-electron chi connectivity index (χ4n) is 0.923. The third-order valence-corrected chi connectivity index (χ3v) is 2.94. The van der Waals surface area contributed by atoms with Crippen LogP contribution in [0.5, 0.6) is 0 Å². The van der Waals surface area contributed by atoms with Gasteiger partial charge in [0.1, 0.15) is 0 Å². The maximum Gasteiger partial charge on any atom is 0.151 e. The molecule has 0 N–H and O–H groups in total. The largest absolute Gasteiger partial charge is 0.236 e. The summed E-state index contributed by atoms with van der Waals surface area (Å²) in [4.78, 5) is 0. The molecule has 0 saturated carbocycles. The van der Waals surface area contributed by atoms with Gasteiger partial charge in [-0.15, -0.1) is 0 Å². The molecule has 0 aromatic rings. The average Bonchev–Trinajstić information content (AvgIpc) is 1.96. The van der Waals surface area contributed by atoms with E-state index in [4.69, 9.17) is 0 Å². The molecular formula is C8H15FI2. The quantitative estimate of drug-likeness (QED) is 0.345. The molecule has 0 bridgehead atoms. The molecule has 3 heteroatoms. The Bertz CT molecular complexity index is 76.5. The second-order valence-corrected chi connectivity index (χ2v) is 5.07. The fraction of sp³-hybridized carbons (Fsp3) is 1.00. The fourth-order valence-corrected chi connectivity index (χ4v) is 1.90. The summed E-state index contributed by atoms with van der Waals surface area (Å²) in [5.74, 6) is 0. The van der Waals surface area contributed by atoms with Crippen molar-refractivity contribution in [3.63, 3.8) is 0 Å². The minimum Gasteiger partial charge on any atom is -0.236 e. The van der Waals surface area contributed by atoms with E-state index in [-0.39, 0.29) is 0 Å². The first kappa shape index (κ1) is 12.4. The normalized spacial score (nSPS) is 13.4. The first-order valence-electron chi connectivity index (χ1n) is 4.11. The van der Waals surface area contributed by atoms with Gasteiger partial charge in [0.2, 0.25) is 0 Å². The van der Waals surface area contributed by atoms with Crippen molar-refractivity contribution in [2.75, 3.05) is 4.43 Å². The average molecular weight is 384 g/mol. The molecule has 0 heterocycles. The Morgan fingerprint density at radius 1 is 1.00 bits per heavy atom. The van der Waals surface area contributed by atoms with Crippen molar-refractivity contribution in [3.05, 3.63) is 0 Å². The zero-order chi connectivity index (χ0) is 8.53. The van der Waals surface area contributed by atoms with E-state index in [2.05, 4.69) is 22.6 Å². The van der Waals surface area contributed by atoms with Crippen molar-refractivity contribution in [1.29, 1.82) is 0 Å².